The molecule has 0 unspecified atom stereocenters. The molecule has 30 heavy (non-hydrogen) atoms. The van der Waals surface area contributed by atoms with Gasteiger partial charge in [0.2, 0.25) is 0 Å². The highest BCUT2D eigenvalue weighted by atomic mass is 32.1. The molecule has 0 saturated heterocycles. The van der Waals surface area contributed by atoms with Crippen LogP contribution in [0.3, 0.4) is 0 Å². The average molecular weight is 413 g/mol. The second-order valence-electron chi connectivity index (χ2n) is 6.88. The molecule has 1 aliphatic heterocycles. The largest absolute Gasteiger partial charge is 0.298 e. The molecule has 3 aromatic carbocycles. The van der Waals surface area contributed by atoms with Gasteiger partial charge in [-0.2, -0.15) is 0 Å². The van der Waals surface area contributed by atoms with Crippen LogP contribution in [0.1, 0.15) is 36.6 Å². The Morgan fingerprint density at radius 1 is 0.900 bits per heavy atom. The summed E-state index contributed by atoms with van der Waals surface area (Å²) in [6, 6.07) is 21.5. The SMILES string of the molecule is O=C(Nc1nc2ccccc2s1)c1ccc2c(c1)C(=O)N(Cc1ccccc1)C2=O. The van der Waals surface area contributed by atoms with Crippen LogP contribution in [-0.4, -0.2) is 27.6 Å². The van der Waals surface area contributed by atoms with Crippen molar-refractivity contribution in [2.45, 2.75) is 6.54 Å². The summed E-state index contributed by atoms with van der Waals surface area (Å²) in [5, 5.41) is 3.26. The number of aromatic nitrogens is 1. The number of nitrogens with one attached hydrogen (secondary N) is 1. The van der Waals surface area contributed by atoms with Crippen molar-refractivity contribution < 1.29 is 14.4 Å². The van der Waals surface area contributed by atoms with E-state index in [4.69, 9.17) is 0 Å². The monoisotopic (exact) mass is 413 g/mol. The third kappa shape index (κ3) is 3.15. The van der Waals surface area contributed by atoms with Crippen molar-refractivity contribution in [2.24, 2.45) is 0 Å². The van der Waals surface area contributed by atoms with Gasteiger partial charge < -0.3 is 0 Å². The van der Waals surface area contributed by atoms with Crippen LogP contribution in [0.25, 0.3) is 10.2 Å². The van der Waals surface area contributed by atoms with E-state index in [9.17, 15) is 14.4 Å². The lowest BCUT2D eigenvalue weighted by molar-refractivity contribution is 0.0642. The summed E-state index contributed by atoms with van der Waals surface area (Å²) >= 11 is 1.38. The van der Waals surface area contributed by atoms with Crippen LogP contribution in [-0.2, 0) is 6.54 Å². The molecule has 0 fully saturated rings. The van der Waals surface area contributed by atoms with Crippen molar-refractivity contribution in [1.29, 1.82) is 0 Å². The van der Waals surface area contributed by atoms with Crippen LogP contribution in [0, 0.1) is 0 Å². The first-order valence-electron chi connectivity index (χ1n) is 9.31. The molecule has 0 aliphatic carbocycles. The Balaban J connectivity index is 1.39. The normalized spacial score (nSPS) is 13.0. The molecule has 0 atom stereocenters. The standard InChI is InChI=1S/C23H15N3O3S/c27-20(25-23-24-18-8-4-5-9-19(18)30-23)15-10-11-16-17(12-15)22(29)26(21(16)28)13-14-6-2-1-3-7-14/h1-12H,13H2,(H,24,25,27). The number of carbonyl (C=O) groups excluding carboxylic acids is 3. The van der Waals surface area contributed by atoms with Crippen molar-refractivity contribution in [3.05, 3.63) is 95.1 Å². The average Bonchev–Trinajstić information content (AvgIpc) is 3.28. The summed E-state index contributed by atoms with van der Waals surface area (Å²) in [7, 11) is 0. The minimum Gasteiger partial charge on any atom is -0.298 e. The smallest absolute Gasteiger partial charge is 0.261 e. The number of anilines is 1. The summed E-state index contributed by atoms with van der Waals surface area (Å²) in [6.45, 7) is 0.195. The molecule has 6 nitrogen and oxygen atoms in total. The van der Waals surface area contributed by atoms with E-state index in [1.807, 2.05) is 54.6 Å². The fraction of sp³-hybridized carbons (Fsp3) is 0.0435. The lowest BCUT2D eigenvalue weighted by atomic mass is 10.1. The van der Waals surface area contributed by atoms with Crippen molar-refractivity contribution >= 4 is 44.4 Å². The van der Waals surface area contributed by atoms with Gasteiger partial charge in [0.15, 0.2) is 5.13 Å². The van der Waals surface area contributed by atoms with E-state index in [1.54, 1.807) is 6.07 Å². The molecule has 0 spiro atoms. The van der Waals surface area contributed by atoms with Crippen LogP contribution in [0.5, 0.6) is 0 Å². The van der Waals surface area contributed by atoms with E-state index in [-0.39, 0.29) is 23.9 Å². The van der Waals surface area contributed by atoms with Gasteiger partial charge in [0.05, 0.1) is 27.9 Å². The second-order valence-corrected chi connectivity index (χ2v) is 7.91. The number of hydrogen-bond donors (Lipinski definition) is 1. The van der Waals surface area contributed by atoms with Gasteiger partial charge in [0.25, 0.3) is 17.7 Å². The molecular formula is C23H15N3O3S. The molecule has 5 rings (SSSR count). The quantitative estimate of drug-likeness (QED) is 0.505. The molecule has 4 aromatic rings. The Morgan fingerprint density at radius 2 is 1.63 bits per heavy atom. The maximum Gasteiger partial charge on any atom is 0.261 e. The Bertz CT molecular complexity index is 1280. The van der Waals surface area contributed by atoms with E-state index in [2.05, 4.69) is 10.3 Å². The highest BCUT2D eigenvalue weighted by molar-refractivity contribution is 7.22. The maximum absolute atomic E-state index is 12.8. The molecular weight excluding hydrogens is 398 g/mol. The number of carbonyl (C=O) groups is 3. The van der Waals surface area contributed by atoms with Crippen LogP contribution in [0.15, 0.2) is 72.8 Å². The molecule has 7 heteroatoms. The van der Waals surface area contributed by atoms with Crippen molar-refractivity contribution in [3.8, 4) is 0 Å². The minimum absolute atomic E-state index is 0.195. The van der Waals surface area contributed by atoms with Crippen LogP contribution >= 0.6 is 11.3 Å². The predicted octanol–water partition coefficient (Wildman–Crippen LogP) is 4.34. The lowest BCUT2D eigenvalue weighted by Crippen LogP contribution is -2.29. The highest BCUT2D eigenvalue weighted by Gasteiger charge is 2.36. The summed E-state index contributed by atoms with van der Waals surface area (Å²) in [5.41, 5.74) is 2.53. The number of amides is 3. The molecule has 1 aliphatic rings. The maximum atomic E-state index is 12.8. The van der Waals surface area contributed by atoms with Gasteiger partial charge in [-0.15, -0.1) is 0 Å². The Kier molecular flexibility index (Phi) is 4.37. The van der Waals surface area contributed by atoms with Crippen molar-refractivity contribution in [2.75, 3.05) is 5.32 Å². The third-order valence-electron chi connectivity index (χ3n) is 4.93. The van der Waals surface area contributed by atoms with Gasteiger partial charge in [-0.1, -0.05) is 53.8 Å². The van der Waals surface area contributed by atoms with Gasteiger partial charge in [-0.3, -0.25) is 24.6 Å². The summed E-state index contributed by atoms with van der Waals surface area (Å²) in [4.78, 5) is 43.8. The fourth-order valence-corrected chi connectivity index (χ4v) is 4.30. The number of benzene rings is 3. The first-order chi connectivity index (χ1) is 14.6. The predicted molar refractivity (Wildman–Crippen MR) is 115 cm³/mol. The van der Waals surface area contributed by atoms with Gasteiger partial charge in [0.1, 0.15) is 0 Å². The van der Waals surface area contributed by atoms with Gasteiger partial charge >= 0.3 is 0 Å². The first-order valence-corrected chi connectivity index (χ1v) is 10.1. The lowest BCUT2D eigenvalue weighted by Gasteiger charge is -2.13. The van der Waals surface area contributed by atoms with Gasteiger partial charge in [-0.05, 0) is 35.9 Å². The number of hydrogen-bond acceptors (Lipinski definition) is 5. The number of nitrogens with zero attached hydrogens (tertiary/aromatic N) is 2. The van der Waals surface area contributed by atoms with Crippen LogP contribution in [0.2, 0.25) is 0 Å². The van der Waals surface area contributed by atoms with Gasteiger partial charge in [0, 0.05) is 5.56 Å². The minimum atomic E-state index is -0.395. The van der Waals surface area contributed by atoms with Crippen molar-refractivity contribution in [3.63, 3.8) is 0 Å². The van der Waals surface area contributed by atoms with E-state index < -0.39 is 5.91 Å². The zero-order valence-electron chi connectivity index (χ0n) is 15.7. The molecule has 0 radical (unpaired) electrons. The number of thiazole rings is 1. The van der Waals surface area contributed by atoms with E-state index in [1.165, 1.54) is 28.4 Å². The first kappa shape index (κ1) is 18.2. The summed E-state index contributed by atoms with van der Waals surface area (Å²) in [5.74, 6) is -1.12. The second kappa shape index (κ2) is 7.20. The van der Waals surface area contributed by atoms with Crippen molar-refractivity contribution in [1.82, 2.24) is 9.88 Å². The molecule has 1 N–H and O–H groups in total. The zero-order valence-corrected chi connectivity index (χ0v) is 16.5. The Hall–Kier alpha value is -3.84. The Labute approximate surface area is 175 Å². The van der Waals surface area contributed by atoms with Crippen LogP contribution < -0.4 is 5.32 Å². The number of rotatable bonds is 4. The van der Waals surface area contributed by atoms with E-state index in [0.29, 0.717) is 16.3 Å². The Morgan fingerprint density at radius 3 is 2.43 bits per heavy atom. The third-order valence-corrected chi connectivity index (χ3v) is 5.88. The zero-order chi connectivity index (χ0) is 20.7. The summed E-state index contributed by atoms with van der Waals surface area (Å²) in [6.07, 6.45) is 0. The topological polar surface area (TPSA) is 79.4 Å². The van der Waals surface area contributed by atoms with Gasteiger partial charge in [-0.25, -0.2) is 4.98 Å². The van der Waals surface area contributed by atoms with E-state index in [0.717, 1.165) is 15.8 Å². The summed E-state index contributed by atoms with van der Waals surface area (Å²) < 4.78 is 0.971. The molecule has 0 saturated carbocycles. The highest BCUT2D eigenvalue weighted by Crippen LogP contribution is 2.28. The molecule has 2 heterocycles. The molecule has 3 amide bonds. The van der Waals surface area contributed by atoms with Crippen LogP contribution in [0.4, 0.5) is 5.13 Å². The number of imide groups is 1. The molecule has 0 bridgehead atoms. The van der Waals surface area contributed by atoms with E-state index >= 15 is 0 Å². The molecule has 1 aromatic heterocycles. The number of fused-ring (bicyclic) bond motifs is 2. The molecule has 146 valence electrons. The number of para-hydroxylation sites is 1. The fourth-order valence-electron chi connectivity index (χ4n) is 3.44.